The predicted octanol–water partition coefficient (Wildman–Crippen LogP) is 2.82. The SMILES string of the molecule is COc1ccc(CNC(=O)C2CCCN(c3nccc4c(C)nn(C)c34)C2)cc1. The van der Waals surface area contributed by atoms with Crippen LogP contribution in [0.4, 0.5) is 5.82 Å². The van der Waals surface area contributed by atoms with Gasteiger partial charge in [-0.25, -0.2) is 4.98 Å². The van der Waals surface area contributed by atoms with Crippen LogP contribution in [0.5, 0.6) is 5.75 Å². The molecule has 1 saturated heterocycles. The summed E-state index contributed by atoms with van der Waals surface area (Å²) in [4.78, 5) is 19.7. The number of hydrogen-bond donors (Lipinski definition) is 1. The fourth-order valence-corrected chi connectivity index (χ4v) is 4.07. The number of nitrogens with one attached hydrogen (secondary N) is 1. The lowest BCUT2D eigenvalue weighted by molar-refractivity contribution is -0.125. The molecule has 1 fully saturated rings. The van der Waals surface area contributed by atoms with Crippen molar-refractivity contribution in [1.29, 1.82) is 0 Å². The minimum absolute atomic E-state index is 0.0478. The smallest absolute Gasteiger partial charge is 0.225 e. The van der Waals surface area contributed by atoms with Crippen LogP contribution < -0.4 is 15.0 Å². The molecule has 0 radical (unpaired) electrons. The fourth-order valence-electron chi connectivity index (χ4n) is 4.07. The number of fused-ring (bicyclic) bond motifs is 1. The zero-order valence-electron chi connectivity index (χ0n) is 17.2. The molecule has 7 nitrogen and oxygen atoms in total. The van der Waals surface area contributed by atoms with E-state index in [-0.39, 0.29) is 11.8 Å². The Labute approximate surface area is 170 Å². The lowest BCUT2D eigenvalue weighted by Crippen LogP contribution is -2.43. The summed E-state index contributed by atoms with van der Waals surface area (Å²) in [5.74, 6) is 1.78. The van der Waals surface area contributed by atoms with E-state index in [9.17, 15) is 4.79 Å². The highest BCUT2D eigenvalue weighted by molar-refractivity contribution is 5.91. The predicted molar refractivity (Wildman–Crippen MR) is 113 cm³/mol. The number of carbonyl (C=O) groups is 1. The van der Waals surface area contributed by atoms with Crippen molar-refractivity contribution in [3.8, 4) is 5.75 Å². The van der Waals surface area contributed by atoms with Gasteiger partial charge in [0.05, 0.1) is 18.7 Å². The van der Waals surface area contributed by atoms with E-state index in [1.54, 1.807) is 7.11 Å². The van der Waals surface area contributed by atoms with E-state index in [1.165, 1.54) is 0 Å². The molecule has 3 aromatic rings. The lowest BCUT2D eigenvalue weighted by Gasteiger charge is -2.33. The Balaban J connectivity index is 1.45. The first-order chi connectivity index (χ1) is 14.1. The molecule has 4 rings (SSSR count). The molecule has 2 aromatic heterocycles. The largest absolute Gasteiger partial charge is 0.497 e. The van der Waals surface area contributed by atoms with Gasteiger partial charge in [0.1, 0.15) is 11.3 Å². The molecule has 1 unspecified atom stereocenters. The van der Waals surface area contributed by atoms with Gasteiger partial charge in [-0.2, -0.15) is 5.10 Å². The van der Waals surface area contributed by atoms with Crippen molar-refractivity contribution in [1.82, 2.24) is 20.1 Å². The molecule has 1 aliphatic heterocycles. The summed E-state index contributed by atoms with van der Waals surface area (Å²) in [6, 6.07) is 9.77. The van der Waals surface area contributed by atoms with Crippen LogP contribution >= 0.6 is 0 Å². The van der Waals surface area contributed by atoms with Crippen LogP contribution in [0.2, 0.25) is 0 Å². The first-order valence-electron chi connectivity index (χ1n) is 10.0. The second kappa shape index (κ2) is 8.11. The molecule has 152 valence electrons. The number of benzene rings is 1. The number of anilines is 1. The van der Waals surface area contributed by atoms with Crippen molar-refractivity contribution in [2.75, 3.05) is 25.1 Å². The zero-order chi connectivity index (χ0) is 20.4. The standard InChI is InChI=1S/C22H27N5O2/c1-15-19-10-11-23-21(20(19)26(2)25-15)27-12-4-5-17(14-27)22(28)24-13-16-6-8-18(29-3)9-7-16/h6-11,17H,4-5,12-14H2,1-3H3,(H,24,28). The summed E-state index contributed by atoms with van der Waals surface area (Å²) in [6.45, 7) is 4.11. The molecule has 1 N–H and O–H groups in total. The summed E-state index contributed by atoms with van der Waals surface area (Å²) in [6.07, 6.45) is 3.70. The molecule has 7 heteroatoms. The van der Waals surface area contributed by atoms with Gasteiger partial charge in [-0.15, -0.1) is 0 Å². The minimum Gasteiger partial charge on any atom is -0.497 e. The molecule has 1 aliphatic rings. The van der Waals surface area contributed by atoms with Gasteiger partial charge in [-0.05, 0) is 43.5 Å². The molecule has 0 aliphatic carbocycles. The molecule has 29 heavy (non-hydrogen) atoms. The first kappa shape index (κ1) is 19.2. The maximum absolute atomic E-state index is 12.8. The number of rotatable bonds is 5. The molecule has 1 atom stereocenters. The van der Waals surface area contributed by atoms with E-state index in [0.29, 0.717) is 13.1 Å². The fraction of sp³-hybridized carbons (Fsp3) is 0.409. The van der Waals surface area contributed by atoms with Crippen LogP contribution in [-0.4, -0.2) is 40.9 Å². The monoisotopic (exact) mass is 393 g/mol. The molecule has 1 amide bonds. The average molecular weight is 393 g/mol. The Morgan fingerprint density at radius 2 is 2.07 bits per heavy atom. The normalized spacial score (nSPS) is 16.8. The van der Waals surface area contributed by atoms with Crippen LogP contribution in [0.1, 0.15) is 24.1 Å². The third-order valence-corrected chi connectivity index (χ3v) is 5.64. The van der Waals surface area contributed by atoms with Crippen molar-refractivity contribution in [2.45, 2.75) is 26.3 Å². The number of pyridine rings is 1. The van der Waals surface area contributed by atoms with E-state index in [2.05, 4.69) is 20.3 Å². The third-order valence-electron chi connectivity index (χ3n) is 5.64. The van der Waals surface area contributed by atoms with Crippen LogP contribution in [0.3, 0.4) is 0 Å². The highest BCUT2D eigenvalue weighted by atomic mass is 16.5. The molecule has 0 spiro atoms. The number of nitrogens with zero attached hydrogens (tertiary/aromatic N) is 4. The number of methoxy groups -OCH3 is 1. The van der Waals surface area contributed by atoms with Crippen LogP contribution in [-0.2, 0) is 18.4 Å². The topological polar surface area (TPSA) is 72.3 Å². The van der Waals surface area contributed by atoms with E-state index >= 15 is 0 Å². The van der Waals surface area contributed by atoms with Crippen LogP contribution in [0.15, 0.2) is 36.5 Å². The van der Waals surface area contributed by atoms with Gasteiger partial charge in [-0.3, -0.25) is 9.48 Å². The summed E-state index contributed by atoms with van der Waals surface area (Å²) in [5.41, 5.74) is 3.09. The van der Waals surface area contributed by atoms with Gasteiger partial charge in [0, 0.05) is 38.3 Å². The van der Waals surface area contributed by atoms with Crippen LogP contribution in [0, 0.1) is 12.8 Å². The van der Waals surface area contributed by atoms with Crippen molar-refractivity contribution < 1.29 is 9.53 Å². The number of amides is 1. The summed E-state index contributed by atoms with van der Waals surface area (Å²) in [7, 11) is 3.59. The van der Waals surface area contributed by atoms with E-state index in [4.69, 9.17) is 4.74 Å². The molecule has 1 aromatic carbocycles. The maximum Gasteiger partial charge on any atom is 0.225 e. The van der Waals surface area contributed by atoms with Crippen molar-refractivity contribution in [3.05, 3.63) is 47.8 Å². The Kier molecular flexibility index (Phi) is 5.38. The van der Waals surface area contributed by atoms with E-state index in [1.807, 2.05) is 55.2 Å². The van der Waals surface area contributed by atoms with Gasteiger partial charge in [0.15, 0.2) is 5.82 Å². The van der Waals surface area contributed by atoms with Gasteiger partial charge >= 0.3 is 0 Å². The second-order valence-corrected chi connectivity index (χ2v) is 7.59. The number of hydrogen-bond acceptors (Lipinski definition) is 5. The quantitative estimate of drug-likeness (QED) is 0.722. The minimum atomic E-state index is -0.0478. The van der Waals surface area contributed by atoms with Gasteiger partial charge in [0.25, 0.3) is 0 Å². The lowest BCUT2D eigenvalue weighted by atomic mass is 9.97. The molecular formula is C22H27N5O2. The summed E-state index contributed by atoms with van der Waals surface area (Å²) >= 11 is 0. The Morgan fingerprint density at radius 1 is 1.28 bits per heavy atom. The van der Waals surface area contributed by atoms with E-state index in [0.717, 1.165) is 53.1 Å². The molecular weight excluding hydrogens is 366 g/mol. The number of carbonyl (C=O) groups excluding carboxylic acids is 1. The second-order valence-electron chi connectivity index (χ2n) is 7.59. The Bertz CT molecular complexity index is 1010. The zero-order valence-corrected chi connectivity index (χ0v) is 17.2. The number of piperidine rings is 1. The van der Waals surface area contributed by atoms with E-state index < -0.39 is 0 Å². The molecule has 0 bridgehead atoms. The highest BCUT2D eigenvalue weighted by Gasteiger charge is 2.28. The number of aryl methyl sites for hydroxylation is 2. The highest BCUT2D eigenvalue weighted by Crippen LogP contribution is 2.29. The Hall–Kier alpha value is -3.09. The number of ether oxygens (including phenoxy) is 1. The Morgan fingerprint density at radius 3 is 2.83 bits per heavy atom. The molecule has 0 saturated carbocycles. The van der Waals surface area contributed by atoms with Crippen molar-refractivity contribution in [3.63, 3.8) is 0 Å². The maximum atomic E-state index is 12.8. The summed E-state index contributed by atoms with van der Waals surface area (Å²) in [5, 5.41) is 8.74. The number of aromatic nitrogens is 3. The van der Waals surface area contributed by atoms with Gasteiger partial charge in [0.2, 0.25) is 5.91 Å². The van der Waals surface area contributed by atoms with Crippen molar-refractivity contribution >= 4 is 22.6 Å². The van der Waals surface area contributed by atoms with Gasteiger partial charge in [-0.1, -0.05) is 12.1 Å². The van der Waals surface area contributed by atoms with Crippen LogP contribution in [0.25, 0.3) is 10.9 Å². The van der Waals surface area contributed by atoms with Crippen molar-refractivity contribution in [2.24, 2.45) is 13.0 Å². The first-order valence-corrected chi connectivity index (χ1v) is 10.0. The average Bonchev–Trinajstić information content (AvgIpc) is 3.06. The third kappa shape index (κ3) is 3.90. The molecule has 3 heterocycles. The summed E-state index contributed by atoms with van der Waals surface area (Å²) < 4.78 is 7.07. The van der Waals surface area contributed by atoms with Gasteiger partial charge < -0.3 is 15.0 Å².